The third-order valence-electron chi connectivity index (χ3n) is 4.83. The fourth-order valence-corrected chi connectivity index (χ4v) is 3.47. The third kappa shape index (κ3) is 4.55. The molecule has 0 saturated heterocycles. The molecule has 2 atom stereocenters. The van der Waals surface area contributed by atoms with E-state index in [1.54, 1.807) is 11.1 Å². The molecule has 2 rings (SSSR count). The Morgan fingerprint density at radius 1 is 1.05 bits per heavy atom. The minimum absolute atomic E-state index is 0.433. The van der Waals surface area contributed by atoms with Gasteiger partial charge in [0.05, 0.1) is 0 Å². The number of hydrogen-bond acceptors (Lipinski definition) is 2. The van der Waals surface area contributed by atoms with E-state index >= 15 is 0 Å². The van der Waals surface area contributed by atoms with Crippen LogP contribution in [0, 0.1) is 0 Å². The number of nitrogens with zero attached hydrogens (tertiary/aromatic N) is 1. The first-order chi connectivity index (χ1) is 10.1. The maximum Gasteiger partial charge on any atom is 0.0294 e. The van der Waals surface area contributed by atoms with Gasteiger partial charge in [0, 0.05) is 18.6 Å². The van der Waals surface area contributed by atoms with E-state index in [4.69, 9.17) is 0 Å². The lowest BCUT2D eigenvalue weighted by atomic mass is 9.89. The van der Waals surface area contributed by atoms with Crippen molar-refractivity contribution in [1.29, 1.82) is 0 Å². The van der Waals surface area contributed by atoms with Crippen molar-refractivity contribution in [3.05, 3.63) is 34.9 Å². The van der Waals surface area contributed by atoms with Crippen molar-refractivity contribution >= 4 is 0 Å². The van der Waals surface area contributed by atoms with Crippen LogP contribution < -0.4 is 5.32 Å². The molecule has 1 aromatic rings. The summed E-state index contributed by atoms with van der Waals surface area (Å²) in [5.41, 5.74) is 4.61. The SMILES string of the molecule is CCN(CC)CC(C)NC(C)c1ccc2c(c1)CCCC2. The van der Waals surface area contributed by atoms with Gasteiger partial charge in [-0.1, -0.05) is 32.0 Å². The van der Waals surface area contributed by atoms with E-state index in [0.29, 0.717) is 12.1 Å². The van der Waals surface area contributed by atoms with Gasteiger partial charge in [0.25, 0.3) is 0 Å². The Morgan fingerprint density at radius 3 is 2.38 bits per heavy atom. The highest BCUT2D eigenvalue weighted by atomic mass is 15.1. The number of likely N-dealkylation sites (N-methyl/N-ethyl adjacent to an activating group) is 1. The lowest BCUT2D eigenvalue weighted by molar-refractivity contribution is 0.264. The van der Waals surface area contributed by atoms with Crippen LogP contribution in [0.5, 0.6) is 0 Å². The normalized spacial score (nSPS) is 17.6. The van der Waals surface area contributed by atoms with E-state index < -0.39 is 0 Å². The molecule has 2 heteroatoms. The number of aryl methyl sites for hydroxylation is 2. The summed E-state index contributed by atoms with van der Waals surface area (Å²) in [5.74, 6) is 0. The predicted octanol–water partition coefficient (Wildman–Crippen LogP) is 3.95. The van der Waals surface area contributed by atoms with Gasteiger partial charge in [-0.2, -0.15) is 0 Å². The number of hydrogen-bond donors (Lipinski definition) is 1. The Hall–Kier alpha value is -0.860. The maximum atomic E-state index is 3.76. The Morgan fingerprint density at radius 2 is 1.71 bits per heavy atom. The van der Waals surface area contributed by atoms with Gasteiger partial charge in [0.15, 0.2) is 0 Å². The topological polar surface area (TPSA) is 15.3 Å². The zero-order valence-electron chi connectivity index (χ0n) is 14.3. The van der Waals surface area contributed by atoms with Gasteiger partial charge in [-0.25, -0.2) is 0 Å². The van der Waals surface area contributed by atoms with E-state index in [0.717, 1.165) is 19.6 Å². The summed E-state index contributed by atoms with van der Waals surface area (Å²) in [6.07, 6.45) is 5.26. The van der Waals surface area contributed by atoms with Crippen LogP contribution in [0.2, 0.25) is 0 Å². The van der Waals surface area contributed by atoms with E-state index in [2.05, 4.69) is 56.1 Å². The fourth-order valence-electron chi connectivity index (χ4n) is 3.47. The zero-order chi connectivity index (χ0) is 15.2. The quantitative estimate of drug-likeness (QED) is 0.817. The first-order valence-corrected chi connectivity index (χ1v) is 8.74. The maximum absolute atomic E-state index is 3.76. The highest BCUT2D eigenvalue weighted by Crippen LogP contribution is 2.24. The molecular formula is C19H32N2. The molecule has 0 aliphatic heterocycles. The van der Waals surface area contributed by atoms with E-state index in [-0.39, 0.29) is 0 Å². The van der Waals surface area contributed by atoms with Crippen molar-refractivity contribution in [2.45, 2.75) is 65.5 Å². The first-order valence-electron chi connectivity index (χ1n) is 8.74. The minimum Gasteiger partial charge on any atom is -0.306 e. The Bertz CT molecular complexity index is 437. The molecule has 1 N–H and O–H groups in total. The van der Waals surface area contributed by atoms with Crippen molar-refractivity contribution in [3.63, 3.8) is 0 Å². The Labute approximate surface area is 130 Å². The van der Waals surface area contributed by atoms with Crippen molar-refractivity contribution in [2.24, 2.45) is 0 Å². The molecule has 0 spiro atoms. The molecule has 0 amide bonds. The molecule has 1 aromatic carbocycles. The number of fused-ring (bicyclic) bond motifs is 1. The predicted molar refractivity (Wildman–Crippen MR) is 91.9 cm³/mol. The Balaban J connectivity index is 1.95. The summed E-state index contributed by atoms with van der Waals surface area (Å²) in [5, 5.41) is 3.76. The van der Waals surface area contributed by atoms with Gasteiger partial charge in [-0.3, -0.25) is 0 Å². The monoisotopic (exact) mass is 288 g/mol. The first kappa shape index (κ1) is 16.5. The van der Waals surface area contributed by atoms with Gasteiger partial charge in [0.1, 0.15) is 0 Å². The molecule has 1 aliphatic rings. The summed E-state index contributed by atoms with van der Waals surface area (Å²) in [7, 11) is 0. The lowest BCUT2D eigenvalue weighted by Crippen LogP contribution is -2.40. The molecule has 0 radical (unpaired) electrons. The smallest absolute Gasteiger partial charge is 0.0294 e. The summed E-state index contributed by atoms with van der Waals surface area (Å²) in [6, 6.07) is 8.08. The van der Waals surface area contributed by atoms with Crippen LogP contribution in [-0.2, 0) is 12.8 Å². The van der Waals surface area contributed by atoms with Gasteiger partial charge < -0.3 is 10.2 Å². The van der Waals surface area contributed by atoms with Gasteiger partial charge >= 0.3 is 0 Å². The van der Waals surface area contributed by atoms with Gasteiger partial charge in [-0.05, 0) is 69.3 Å². The van der Waals surface area contributed by atoms with Crippen LogP contribution in [-0.4, -0.2) is 30.6 Å². The van der Waals surface area contributed by atoms with E-state index in [1.165, 1.54) is 31.2 Å². The Kier molecular flexibility index (Phi) is 6.25. The molecule has 0 saturated carbocycles. The van der Waals surface area contributed by atoms with Crippen LogP contribution in [0.4, 0.5) is 0 Å². The molecule has 21 heavy (non-hydrogen) atoms. The second kappa shape index (κ2) is 7.95. The van der Waals surface area contributed by atoms with Gasteiger partial charge in [0.2, 0.25) is 0 Å². The molecule has 1 aliphatic carbocycles. The molecule has 2 unspecified atom stereocenters. The number of nitrogens with one attached hydrogen (secondary N) is 1. The van der Waals surface area contributed by atoms with Crippen molar-refractivity contribution < 1.29 is 0 Å². The van der Waals surface area contributed by atoms with Crippen molar-refractivity contribution in [2.75, 3.05) is 19.6 Å². The minimum atomic E-state index is 0.433. The molecule has 2 nitrogen and oxygen atoms in total. The van der Waals surface area contributed by atoms with E-state index in [1.807, 2.05) is 0 Å². The third-order valence-corrected chi connectivity index (χ3v) is 4.83. The summed E-state index contributed by atoms with van der Waals surface area (Å²) >= 11 is 0. The average Bonchev–Trinajstić information content (AvgIpc) is 2.52. The molecule has 0 bridgehead atoms. The van der Waals surface area contributed by atoms with Crippen LogP contribution in [0.1, 0.15) is 63.3 Å². The number of benzene rings is 1. The van der Waals surface area contributed by atoms with Crippen LogP contribution in [0.25, 0.3) is 0 Å². The summed E-state index contributed by atoms with van der Waals surface area (Å²) in [6.45, 7) is 12.5. The second-order valence-electron chi connectivity index (χ2n) is 6.51. The van der Waals surface area contributed by atoms with Crippen molar-refractivity contribution in [1.82, 2.24) is 10.2 Å². The largest absolute Gasteiger partial charge is 0.306 e. The van der Waals surface area contributed by atoms with Gasteiger partial charge in [-0.15, -0.1) is 0 Å². The highest BCUT2D eigenvalue weighted by molar-refractivity contribution is 5.35. The fraction of sp³-hybridized carbons (Fsp3) is 0.684. The standard InChI is InChI=1S/C19H32N2/c1-5-21(6-2)14-15(3)20-16(4)18-12-11-17-9-7-8-10-19(17)13-18/h11-13,15-16,20H,5-10,14H2,1-4H3. The molecule has 0 heterocycles. The second-order valence-corrected chi connectivity index (χ2v) is 6.51. The van der Waals surface area contributed by atoms with E-state index in [9.17, 15) is 0 Å². The highest BCUT2D eigenvalue weighted by Gasteiger charge is 2.14. The summed E-state index contributed by atoms with van der Waals surface area (Å²) < 4.78 is 0. The van der Waals surface area contributed by atoms with Crippen LogP contribution >= 0.6 is 0 Å². The zero-order valence-corrected chi connectivity index (χ0v) is 14.3. The molecule has 118 valence electrons. The average molecular weight is 288 g/mol. The van der Waals surface area contributed by atoms with Crippen LogP contribution in [0.3, 0.4) is 0 Å². The molecule has 0 aromatic heterocycles. The van der Waals surface area contributed by atoms with Crippen molar-refractivity contribution in [3.8, 4) is 0 Å². The lowest BCUT2D eigenvalue weighted by Gasteiger charge is -2.27. The summed E-state index contributed by atoms with van der Waals surface area (Å²) in [4.78, 5) is 2.48. The molecular weight excluding hydrogens is 256 g/mol. The van der Waals surface area contributed by atoms with Crippen LogP contribution in [0.15, 0.2) is 18.2 Å². The number of rotatable bonds is 7. The molecule has 0 fully saturated rings.